The fourth-order valence-electron chi connectivity index (χ4n) is 14.6. The molecule has 0 saturated carbocycles. The fraction of sp³-hybridized carbons (Fsp3) is 0. The van der Waals surface area contributed by atoms with Crippen LogP contribution in [-0.2, 0) is 0 Å². The molecule has 14 aromatic carbocycles. The molecule has 0 spiro atoms. The smallest absolute Gasteiger partial charge is 0.160 e. The van der Waals surface area contributed by atoms with Gasteiger partial charge >= 0.3 is 0 Å². The Morgan fingerprint density at radius 1 is 0.189 bits per heavy atom. The monoisotopic (exact) mass is 1140 g/mol. The summed E-state index contributed by atoms with van der Waals surface area (Å²) in [6, 6.07) is 115. The quantitative estimate of drug-likeness (QED) is 0.142. The zero-order valence-corrected chi connectivity index (χ0v) is 48.7. The normalized spacial score (nSPS) is 12.0. The van der Waals surface area contributed by atoms with Crippen LogP contribution < -0.4 is 0 Å². The number of hydrogen-bond acceptors (Lipinski definition) is 2. The highest BCUT2D eigenvalue weighted by Gasteiger charge is 2.21. The third-order valence-corrected chi connectivity index (χ3v) is 18.7. The predicted molar refractivity (Wildman–Crippen MR) is 376 cm³/mol. The summed E-state index contributed by atoms with van der Waals surface area (Å²) < 4.78 is 9.62. The lowest BCUT2D eigenvalue weighted by molar-refractivity contribution is 1.17. The second-order valence-corrected chi connectivity index (χ2v) is 23.7. The van der Waals surface area contributed by atoms with E-state index in [0.29, 0.717) is 5.82 Å². The SMILES string of the molecule is c1ccc(-n2c3ccccc3c3ccc(-c4ccc5c6ccccc6n(-c6ccc(-c7nc(-c8cccc(-n9c%10ccccc%10c%10ccc(-c%11ccc%12c%13ccccc%13n(-c%13ccccc%13)c%12c%11)cc%109)c8)c8ccc9ccccc9c8n7)cc6)c5c4)cc32)cc1. The first-order chi connectivity index (χ1) is 44.6. The van der Waals surface area contributed by atoms with Crippen molar-refractivity contribution in [1.82, 2.24) is 28.2 Å². The van der Waals surface area contributed by atoms with Crippen LogP contribution in [0.2, 0.25) is 0 Å². The largest absolute Gasteiger partial charge is 0.309 e. The van der Waals surface area contributed by atoms with Crippen LogP contribution in [0.25, 0.3) is 177 Å². The van der Waals surface area contributed by atoms with Gasteiger partial charge < -0.3 is 18.3 Å². The molecular formula is C84H52N6. The Labute approximate surface area is 517 Å². The molecular weight excluding hydrogens is 1090 g/mol. The molecule has 0 saturated heterocycles. The number of fused-ring (bicyclic) bond motifs is 15. The lowest BCUT2D eigenvalue weighted by Gasteiger charge is -2.14. The second-order valence-electron chi connectivity index (χ2n) is 23.7. The van der Waals surface area contributed by atoms with E-state index in [0.717, 1.165) is 106 Å². The average molecular weight is 1150 g/mol. The molecule has 90 heavy (non-hydrogen) atoms. The van der Waals surface area contributed by atoms with Gasteiger partial charge in [0.25, 0.3) is 0 Å². The average Bonchev–Trinajstić information content (AvgIpc) is 1.58. The lowest BCUT2D eigenvalue weighted by Crippen LogP contribution is -1.99. The molecule has 0 bridgehead atoms. The summed E-state index contributed by atoms with van der Waals surface area (Å²) in [6.07, 6.45) is 0. The van der Waals surface area contributed by atoms with Crippen LogP contribution in [-0.4, -0.2) is 28.2 Å². The van der Waals surface area contributed by atoms with Crippen LogP contribution in [0.15, 0.2) is 315 Å². The zero-order valence-electron chi connectivity index (χ0n) is 48.7. The summed E-state index contributed by atoms with van der Waals surface area (Å²) in [5.41, 5.74) is 22.1. The van der Waals surface area contributed by atoms with Crippen molar-refractivity contribution in [3.8, 4) is 67.6 Å². The van der Waals surface area contributed by atoms with E-state index in [1.54, 1.807) is 0 Å². The Morgan fingerprint density at radius 3 is 0.989 bits per heavy atom. The van der Waals surface area contributed by atoms with Gasteiger partial charge in [-0.2, -0.15) is 0 Å². The van der Waals surface area contributed by atoms with Gasteiger partial charge in [-0.05, 0) is 143 Å². The van der Waals surface area contributed by atoms with Crippen molar-refractivity contribution in [3.63, 3.8) is 0 Å². The molecule has 0 N–H and O–H groups in total. The van der Waals surface area contributed by atoms with Crippen LogP contribution >= 0.6 is 0 Å². The second kappa shape index (κ2) is 19.7. The summed E-state index contributed by atoms with van der Waals surface area (Å²) in [7, 11) is 0. The van der Waals surface area contributed by atoms with Gasteiger partial charge in [0.15, 0.2) is 5.82 Å². The third kappa shape index (κ3) is 7.65. The number of hydrogen-bond donors (Lipinski definition) is 0. The minimum absolute atomic E-state index is 0.670. The van der Waals surface area contributed by atoms with Gasteiger partial charge in [-0.1, -0.05) is 200 Å². The summed E-state index contributed by atoms with van der Waals surface area (Å²) in [4.78, 5) is 11.1. The molecule has 418 valence electrons. The molecule has 6 nitrogen and oxygen atoms in total. The lowest BCUT2D eigenvalue weighted by atomic mass is 10.0. The maximum absolute atomic E-state index is 5.59. The predicted octanol–water partition coefficient (Wildman–Crippen LogP) is 21.8. The number of benzene rings is 14. The van der Waals surface area contributed by atoms with E-state index >= 15 is 0 Å². The molecule has 0 unspecified atom stereocenters. The maximum Gasteiger partial charge on any atom is 0.160 e. The summed E-state index contributed by atoms with van der Waals surface area (Å²) in [6.45, 7) is 0. The number of nitrogens with zero attached hydrogens (tertiary/aromatic N) is 6. The Hall–Kier alpha value is -12.1. The highest BCUT2D eigenvalue weighted by atomic mass is 15.0. The van der Waals surface area contributed by atoms with Crippen LogP contribution in [0.5, 0.6) is 0 Å². The first-order valence-corrected chi connectivity index (χ1v) is 30.8. The maximum atomic E-state index is 5.59. The Balaban J connectivity index is 0.732. The van der Waals surface area contributed by atoms with E-state index in [4.69, 9.17) is 9.97 Å². The Morgan fingerprint density at radius 2 is 0.533 bits per heavy atom. The van der Waals surface area contributed by atoms with E-state index in [-0.39, 0.29) is 0 Å². The molecule has 6 heteroatoms. The molecule has 5 heterocycles. The minimum Gasteiger partial charge on any atom is -0.309 e. The van der Waals surface area contributed by atoms with Gasteiger partial charge in [0.05, 0.1) is 55.3 Å². The fourth-order valence-corrected chi connectivity index (χ4v) is 14.6. The first-order valence-electron chi connectivity index (χ1n) is 30.8. The van der Waals surface area contributed by atoms with Crippen LogP contribution in [0.1, 0.15) is 0 Å². The molecule has 0 fully saturated rings. The molecule has 0 atom stereocenters. The molecule has 0 aliphatic carbocycles. The highest BCUT2D eigenvalue weighted by Crippen LogP contribution is 2.43. The van der Waals surface area contributed by atoms with Gasteiger partial charge in [-0.3, -0.25) is 0 Å². The van der Waals surface area contributed by atoms with E-state index in [2.05, 4.69) is 334 Å². The van der Waals surface area contributed by atoms with Gasteiger partial charge in [-0.15, -0.1) is 0 Å². The molecule has 0 aliphatic heterocycles. The van der Waals surface area contributed by atoms with Gasteiger partial charge in [0.2, 0.25) is 0 Å². The molecule has 0 aliphatic rings. The summed E-state index contributed by atoms with van der Waals surface area (Å²) in [5, 5.41) is 13.0. The van der Waals surface area contributed by atoms with Crippen molar-refractivity contribution >= 4 is 109 Å². The molecule has 19 rings (SSSR count). The Bertz CT molecular complexity index is 6140. The van der Waals surface area contributed by atoms with E-state index in [1.165, 1.54) is 65.2 Å². The highest BCUT2D eigenvalue weighted by molar-refractivity contribution is 6.15. The minimum atomic E-state index is 0.670. The first kappa shape index (κ1) is 50.1. The van der Waals surface area contributed by atoms with Crippen molar-refractivity contribution in [2.45, 2.75) is 0 Å². The van der Waals surface area contributed by atoms with Gasteiger partial charge in [0.1, 0.15) is 0 Å². The third-order valence-electron chi connectivity index (χ3n) is 18.7. The van der Waals surface area contributed by atoms with Crippen LogP contribution in [0.4, 0.5) is 0 Å². The van der Waals surface area contributed by atoms with Crippen molar-refractivity contribution in [2.24, 2.45) is 0 Å². The molecule has 19 aromatic rings. The number of rotatable bonds is 8. The van der Waals surface area contributed by atoms with E-state index in [9.17, 15) is 0 Å². The molecule has 5 aromatic heterocycles. The summed E-state index contributed by atoms with van der Waals surface area (Å²) in [5.74, 6) is 0.670. The van der Waals surface area contributed by atoms with Gasteiger partial charge in [0, 0.05) is 87.7 Å². The van der Waals surface area contributed by atoms with E-state index in [1.807, 2.05) is 0 Å². The number of para-hydroxylation sites is 6. The molecule has 0 amide bonds. The van der Waals surface area contributed by atoms with Crippen molar-refractivity contribution in [2.75, 3.05) is 0 Å². The topological polar surface area (TPSA) is 45.5 Å². The zero-order chi connectivity index (χ0) is 59.0. The summed E-state index contributed by atoms with van der Waals surface area (Å²) >= 11 is 0. The van der Waals surface area contributed by atoms with Crippen molar-refractivity contribution in [3.05, 3.63) is 315 Å². The van der Waals surface area contributed by atoms with E-state index < -0.39 is 0 Å². The van der Waals surface area contributed by atoms with Crippen LogP contribution in [0.3, 0.4) is 0 Å². The molecule has 0 radical (unpaired) electrons. The van der Waals surface area contributed by atoms with Gasteiger partial charge in [-0.25, -0.2) is 9.97 Å². The number of aromatic nitrogens is 6. The van der Waals surface area contributed by atoms with Crippen LogP contribution in [0, 0.1) is 0 Å². The Kier molecular flexibility index (Phi) is 11.0. The van der Waals surface area contributed by atoms with Crippen molar-refractivity contribution < 1.29 is 0 Å². The standard InChI is InChI=1S/C84H52N6/c1-3-20-60(21-4-1)87-74-30-13-9-26-65(74)69-43-37-55(49-78(69)87)57-39-45-71-67-28-11-15-32-76(67)89(80(71)51-57)62-41-34-54(35-42-62)84-85-82(73-47-36-53-18-7-8-25-64(53)83(73)86-84)59-19-17-24-63(48-59)90-77-33-16-12-29-68(77)72-46-40-58(52-81(72)90)56-38-44-70-66-27-10-14-31-75(66)88(79(70)50-56)61-22-5-2-6-23-61/h1-52H. The van der Waals surface area contributed by atoms with Crippen molar-refractivity contribution in [1.29, 1.82) is 0 Å².